The third kappa shape index (κ3) is 3.47. The Bertz CT molecular complexity index is 583. The molecule has 1 aliphatic carbocycles. The number of benzene rings is 1. The predicted octanol–water partition coefficient (Wildman–Crippen LogP) is 7.21. The van der Waals surface area contributed by atoms with Gasteiger partial charge in [0.15, 0.2) is 0 Å². The van der Waals surface area contributed by atoms with Gasteiger partial charge in [0.2, 0.25) is 0 Å². The van der Waals surface area contributed by atoms with Crippen molar-refractivity contribution in [3.63, 3.8) is 0 Å². The molecule has 2 rings (SSSR count). The lowest BCUT2D eigenvalue weighted by atomic mass is 9.58. The van der Waals surface area contributed by atoms with E-state index < -0.39 is 0 Å². The molecule has 0 radical (unpaired) electrons. The second-order valence-corrected chi connectivity index (χ2v) is 7.83. The minimum atomic E-state index is 0.116. The van der Waals surface area contributed by atoms with Gasteiger partial charge in [-0.25, -0.2) is 0 Å². The fourth-order valence-electron chi connectivity index (χ4n) is 4.25. The van der Waals surface area contributed by atoms with Gasteiger partial charge in [-0.05, 0) is 47.8 Å². The molecule has 0 bridgehead atoms. The van der Waals surface area contributed by atoms with Gasteiger partial charge in [-0.1, -0.05) is 90.0 Å². The van der Waals surface area contributed by atoms with Crippen molar-refractivity contribution in [2.24, 2.45) is 10.8 Å². The van der Waals surface area contributed by atoms with E-state index in [4.69, 9.17) is 0 Å². The van der Waals surface area contributed by atoms with E-state index in [0.29, 0.717) is 5.41 Å². The average Bonchev–Trinajstić information content (AvgIpc) is 2.53. The standard InChI is InChI=1S/C23H34/c1-7-10-18-12-14-19(15-13-18)20-16-17-23(6,9-3)21(11-8-2)22(20,4)5/h11-16H,7-10,17H2,1-6H3/b21-11-/t23-/m0/s1. The van der Waals surface area contributed by atoms with E-state index in [2.05, 4.69) is 78.0 Å². The number of rotatable bonds is 5. The summed E-state index contributed by atoms with van der Waals surface area (Å²) in [5, 5.41) is 0. The van der Waals surface area contributed by atoms with Crippen LogP contribution in [0.1, 0.15) is 78.4 Å². The number of aryl methyl sites for hydroxylation is 1. The van der Waals surface area contributed by atoms with Crippen molar-refractivity contribution in [3.8, 4) is 0 Å². The summed E-state index contributed by atoms with van der Waals surface area (Å²) in [4.78, 5) is 0. The molecule has 1 aromatic rings. The van der Waals surface area contributed by atoms with Gasteiger partial charge in [-0.2, -0.15) is 0 Å². The van der Waals surface area contributed by atoms with Gasteiger partial charge in [0.1, 0.15) is 0 Å². The Balaban J connectivity index is 2.44. The number of hydrogen-bond acceptors (Lipinski definition) is 0. The van der Waals surface area contributed by atoms with E-state index in [1.807, 2.05) is 0 Å². The monoisotopic (exact) mass is 310 g/mol. The molecule has 0 N–H and O–H groups in total. The van der Waals surface area contributed by atoms with Gasteiger partial charge >= 0.3 is 0 Å². The summed E-state index contributed by atoms with van der Waals surface area (Å²) >= 11 is 0. The molecular weight excluding hydrogens is 276 g/mol. The summed E-state index contributed by atoms with van der Waals surface area (Å²) in [5.41, 5.74) is 6.41. The smallest absolute Gasteiger partial charge is 0.0113 e. The van der Waals surface area contributed by atoms with Crippen molar-refractivity contribution >= 4 is 5.57 Å². The van der Waals surface area contributed by atoms with E-state index in [-0.39, 0.29) is 5.41 Å². The van der Waals surface area contributed by atoms with E-state index in [0.717, 1.165) is 12.8 Å². The zero-order valence-corrected chi connectivity index (χ0v) is 16.0. The molecule has 0 heteroatoms. The molecule has 0 nitrogen and oxygen atoms in total. The van der Waals surface area contributed by atoms with Gasteiger partial charge < -0.3 is 0 Å². The first kappa shape index (κ1) is 18.0. The molecule has 1 atom stereocenters. The Morgan fingerprint density at radius 2 is 1.65 bits per heavy atom. The highest BCUT2D eigenvalue weighted by atomic mass is 14.5. The number of allylic oxidation sites excluding steroid dienone is 4. The lowest BCUT2D eigenvalue weighted by Crippen LogP contribution is -2.33. The van der Waals surface area contributed by atoms with Crippen LogP contribution in [0.4, 0.5) is 0 Å². The quantitative estimate of drug-likeness (QED) is 0.504. The first-order valence-corrected chi connectivity index (χ1v) is 9.40. The zero-order valence-electron chi connectivity index (χ0n) is 16.0. The summed E-state index contributed by atoms with van der Waals surface area (Å²) in [7, 11) is 0. The minimum Gasteiger partial charge on any atom is -0.0842 e. The molecule has 0 amide bonds. The summed E-state index contributed by atoms with van der Waals surface area (Å²) in [5.74, 6) is 0. The summed E-state index contributed by atoms with van der Waals surface area (Å²) in [6, 6.07) is 9.28. The van der Waals surface area contributed by atoms with Crippen LogP contribution < -0.4 is 0 Å². The fraction of sp³-hybridized carbons (Fsp3) is 0.565. The predicted molar refractivity (Wildman–Crippen MR) is 104 cm³/mol. The van der Waals surface area contributed by atoms with Crippen LogP contribution in [0, 0.1) is 10.8 Å². The second-order valence-electron chi connectivity index (χ2n) is 7.83. The van der Waals surface area contributed by atoms with Crippen molar-refractivity contribution in [3.05, 3.63) is 53.1 Å². The fourth-order valence-corrected chi connectivity index (χ4v) is 4.25. The first-order chi connectivity index (χ1) is 10.9. The maximum absolute atomic E-state index is 2.51. The van der Waals surface area contributed by atoms with Crippen molar-refractivity contribution in [2.45, 2.75) is 73.6 Å². The third-order valence-corrected chi connectivity index (χ3v) is 5.75. The molecule has 0 saturated carbocycles. The largest absolute Gasteiger partial charge is 0.0842 e. The van der Waals surface area contributed by atoms with E-state index in [1.54, 1.807) is 5.57 Å². The van der Waals surface area contributed by atoms with Crippen molar-refractivity contribution in [2.75, 3.05) is 0 Å². The Morgan fingerprint density at radius 3 is 2.17 bits per heavy atom. The van der Waals surface area contributed by atoms with E-state index >= 15 is 0 Å². The third-order valence-electron chi connectivity index (χ3n) is 5.75. The topological polar surface area (TPSA) is 0 Å². The zero-order chi connectivity index (χ0) is 17.1. The lowest BCUT2D eigenvalue weighted by Gasteiger charge is -2.46. The maximum atomic E-state index is 2.51. The lowest BCUT2D eigenvalue weighted by molar-refractivity contribution is 0.310. The van der Waals surface area contributed by atoms with Crippen molar-refractivity contribution < 1.29 is 0 Å². The second kappa shape index (κ2) is 7.07. The normalized spacial score (nSPS) is 25.5. The Hall–Kier alpha value is -1.30. The van der Waals surface area contributed by atoms with Gasteiger partial charge in [0.05, 0.1) is 0 Å². The molecule has 0 heterocycles. The molecule has 0 saturated heterocycles. The Labute approximate surface area is 143 Å². The maximum Gasteiger partial charge on any atom is 0.0113 e. The Kier molecular flexibility index (Phi) is 5.55. The van der Waals surface area contributed by atoms with Crippen LogP contribution in [0.15, 0.2) is 42.0 Å². The van der Waals surface area contributed by atoms with Crippen LogP contribution in [0.2, 0.25) is 0 Å². The summed E-state index contributed by atoms with van der Waals surface area (Å²) < 4.78 is 0. The molecule has 0 aliphatic heterocycles. The van der Waals surface area contributed by atoms with Crippen LogP contribution in [0.25, 0.3) is 5.57 Å². The number of hydrogen-bond donors (Lipinski definition) is 0. The highest BCUT2D eigenvalue weighted by Crippen LogP contribution is 2.55. The molecule has 0 spiro atoms. The van der Waals surface area contributed by atoms with Crippen LogP contribution in [0.5, 0.6) is 0 Å². The molecule has 1 aromatic carbocycles. The Morgan fingerprint density at radius 1 is 1.00 bits per heavy atom. The van der Waals surface area contributed by atoms with Crippen LogP contribution >= 0.6 is 0 Å². The molecule has 0 aromatic heterocycles. The molecule has 0 fully saturated rings. The van der Waals surface area contributed by atoms with Gasteiger partial charge in [0.25, 0.3) is 0 Å². The van der Waals surface area contributed by atoms with Crippen LogP contribution in [0.3, 0.4) is 0 Å². The van der Waals surface area contributed by atoms with Crippen molar-refractivity contribution in [1.29, 1.82) is 0 Å². The van der Waals surface area contributed by atoms with E-state index in [9.17, 15) is 0 Å². The van der Waals surface area contributed by atoms with Gasteiger partial charge in [0, 0.05) is 5.41 Å². The molecule has 23 heavy (non-hydrogen) atoms. The van der Waals surface area contributed by atoms with E-state index in [1.165, 1.54) is 36.0 Å². The summed E-state index contributed by atoms with van der Waals surface area (Å²) in [6.07, 6.45) is 10.9. The summed E-state index contributed by atoms with van der Waals surface area (Å²) in [6.45, 7) is 14.1. The van der Waals surface area contributed by atoms with Gasteiger partial charge in [-0.3, -0.25) is 0 Å². The average molecular weight is 311 g/mol. The minimum absolute atomic E-state index is 0.116. The molecular formula is C23H34. The SMILES string of the molecule is CC/C=C1/C(C)(C)C(c2ccc(CCC)cc2)=CC[C@]1(C)CC. The first-order valence-electron chi connectivity index (χ1n) is 9.40. The molecule has 0 unspecified atom stereocenters. The highest BCUT2D eigenvalue weighted by Gasteiger charge is 2.41. The van der Waals surface area contributed by atoms with Crippen LogP contribution in [-0.2, 0) is 6.42 Å². The van der Waals surface area contributed by atoms with Crippen molar-refractivity contribution in [1.82, 2.24) is 0 Å². The highest BCUT2D eigenvalue weighted by molar-refractivity contribution is 5.75. The van der Waals surface area contributed by atoms with Crippen LogP contribution in [-0.4, -0.2) is 0 Å². The molecule has 1 aliphatic rings. The van der Waals surface area contributed by atoms with Gasteiger partial charge in [-0.15, -0.1) is 0 Å². The molecule has 126 valence electrons.